The normalized spacial score (nSPS) is 12.2. The van der Waals surface area contributed by atoms with Crippen LogP contribution < -0.4 is 9.64 Å². The molecule has 33 heavy (non-hydrogen) atoms. The lowest BCUT2D eigenvalue weighted by atomic mass is 10.0. The Morgan fingerprint density at radius 2 is 1.21 bits per heavy atom. The third kappa shape index (κ3) is 3.38. The van der Waals surface area contributed by atoms with Crippen molar-refractivity contribution >= 4 is 11.5 Å². The van der Waals surface area contributed by atoms with Gasteiger partial charge in [0.05, 0.1) is 5.69 Å². The van der Waals surface area contributed by atoms with Crippen LogP contribution in [0.5, 0.6) is 23.0 Å². The van der Waals surface area contributed by atoms with E-state index in [0.29, 0.717) is 28.4 Å². The molecule has 0 fully saturated rings. The molecule has 5 rings (SSSR count). The highest BCUT2D eigenvalue weighted by Gasteiger charge is 2.25. The topological polar surface area (TPSA) is 65.8 Å². The van der Waals surface area contributed by atoms with Crippen molar-refractivity contribution in [2.75, 3.05) is 11.9 Å². The fourth-order valence-corrected chi connectivity index (χ4v) is 3.67. The SMILES string of the molecule is CN1c2ccc(-c3cc(F)c(O)c(F)c3)cc2Oc2cc(-c3cc(F)c(O)c(F)c3)cnc21. The number of phenols is 2. The van der Waals surface area contributed by atoms with Crippen molar-refractivity contribution in [2.24, 2.45) is 0 Å². The number of fused-ring (bicyclic) bond motifs is 2. The standard InChI is InChI=1S/C24H14F4N2O3/c1-30-19-3-2-11(12-4-15(25)22(31)16(26)5-12)8-20(19)33-21-9-14(10-29-24(21)30)13-6-17(27)23(32)18(28)7-13/h2-10,31-32H,1H3. The van der Waals surface area contributed by atoms with Gasteiger partial charge in [0.15, 0.2) is 52.1 Å². The summed E-state index contributed by atoms with van der Waals surface area (Å²) in [4.78, 5) is 6.07. The lowest BCUT2D eigenvalue weighted by Crippen LogP contribution is -2.17. The molecule has 9 heteroatoms. The molecule has 0 saturated carbocycles. The van der Waals surface area contributed by atoms with E-state index in [-0.39, 0.29) is 16.9 Å². The van der Waals surface area contributed by atoms with Gasteiger partial charge in [-0.05, 0) is 59.2 Å². The van der Waals surface area contributed by atoms with E-state index in [1.54, 1.807) is 36.2 Å². The minimum atomic E-state index is -1.11. The van der Waals surface area contributed by atoms with E-state index in [1.165, 1.54) is 6.20 Å². The molecule has 0 atom stereocenters. The monoisotopic (exact) mass is 454 g/mol. The maximum absolute atomic E-state index is 13.8. The fraction of sp³-hybridized carbons (Fsp3) is 0.0417. The van der Waals surface area contributed by atoms with E-state index in [4.69, 9.17) is 4.74 Å². The summed E-state index contributed by atoms with van der Waals surface area (Å²) in [6.45, 7) is 0. The molecule has 2 N–H and O–H groups in total. The molecule has 0 unspecified atom stereocenters. The number of aromatic hydroxyl groups is 2. The van der Waals surface area contributed by atoms with Crippen LogP contribution in [0.4, 0.5) is 29.1 Å². The van der Waals surface area contributed by atoms with Gasteiger partial charge in [0.1, 0.15) is 0 Å². The molecule has 0 saturated heterocycles. The maximum Gasteiger partial charge on any atom is 0.187 e. The van der Waals surface area contributed by atoms with Crippen LogP contribution in [-0.2, 0) is 0 Å². The van der Waals surface area contributed by atoms with Gasteiger partial charge in [0, 0.05) is 18.8 Å². The van der Waals surface area contributed by atoms with Gasteiger partial charge in [-0.25, -0.2) is 22.5 Å². The van der Waals surface area contributed by atoms with Crippen LogP contribution in [-0.4, -0.2) is 22.2 Å². The maximum atomic E-state index is 13.8. The quantitative estimate of drug-likeness (QED) is 0.350. The highest BCUT2D eigenvalue weighted by Crippen LogP contribution is 2.47. The molecule has 0 radical (unpaired) electrons. The van der Waals surface area contributed by atoms with E-state index >= 15 is 0 Å². The molecule has 0 amide bonds. The Morgan fingerprint density at radius 3 is 1.79 bits per heavy atom. The number of hydrogen-bond acceptors (Lipinski definition) is 5. The van der Waals surface area contributed by atoms with Crippen LogP contribution in [0.1, 0.15) is 0 Å². The number of hydrogen-bond donors (Lipinski definition) is 2. The Hall–Kier alpha value is -4.27. The molecular weight excluding hydrogens is 440 g/mol. The van der Waals surface area contributed by atoms with E-state index in [2.05, 4.69) is 4.98 Å². The Kier molecular flexibility index (Phi) is 4.63. The number of ether oxygens (including phenoxy) is 1. The van der Waals surface area contributed by atoms with Crippen molar-refractivity contribution in [3.8, 4) is 45.3 Å². The molecule has 1 aliphatic rings. The molecule has 3 aromatic carbocycles. The molecule has 1 aliphatic heterocycles. The Bertz CT molecular complexity index is 1290. The molecule has 5 nitrogen and oxygen atoms in total. The minimum Gasteiger partial charge on any atom is -0.503 e. The molecule has 166 valence electrons. The van der Waals surface area contributed by atoms with Gasteiger partial charge in [-0.2, -0.15) is 0 Å². The largest absolute Gasteiger partial charge is 0.503 e. The zero-order chi connectivity index (χ0) is 23.4. The highest BCUT2D eigenvalue weighted by atomic mass is 19.1. The zero-order valence-corrected chi connectivity index (χ0v) is 16.9. The number of phenolic OH excluding ortho intramolecular Hbond substituents is 2. The lowest BCUT2D eigenvalue weighted by molar-refractivity contribution is 0.396. The number of benzene rings is 3. The minimum absolute atomic E-state index is 0.152. The Morgan fingerprint density at radius 1 is 0.697 bits per heavy atom. The van der Waals surface area contributed by atoms with Crippen LogP contribution >= 0.6 is 0 Å². The van der Waals surface area contributed by atoms with Crippen molar-refractivity contribution in [3.63, 3.8) is 0 Å². The van der Waals surface area contributed by atoms with Crippen LogP contribution in [0, 0.1) is 23.3 Å². The van der Waals surface area contributed by atoms with Gasteiger partial charge in [-0.15, -0.1) is 0 Å². The molecule has 0 bridgehead atoms. The second-order valence-corrected chi connectivity index (χ2v) is 7.47. The first-order valence-electron chi connectivity index (χ1n) is 9.65. The second kappa shape index (κ2) is 7.40. The fourth-order valence-electron chi connectivity index (χ4n) is 3.67. The first kappa shape index (κ1) is 20.6. The Balaban J connectivity index is 1.56. The Labute approximate surface area is 184 Å². The summed E-state index contributed by atoms with van der Waals surface area (Å²) < 4.78 is 61.2. The van der Waals surface area contributed by atoms with E-state index < -0.39 is 34.8 Å². The summed E-state index contributed by atoms with van der Waals surface area (Å²) in [7, 11) is 1.74. The van der Waals surface area contributed by atoms with Crippen molar-refractivity contribution in [2.45, 2.75) is 0 Å². The predicted octanol–water partition coefficient (Wildman–Crippen LogP) is 6.26. The first-order valence-corrected chi connectivity index (χ1v) is 9.65. The lowest BCUT2D eigenvalue weighted by Gasteiger charge is -2.29. The third-order valence-corrected chi connectivity index (χ3v) is 5.39. The first-order chi connectivity index (χ1) is 15.7. The average Bonchev–Trinajstić information content (AvgIpc) is 2.79. The van der Waals surface area contributed by atoms with E-state index in [9.17, 15) is 27.8 Å². The number of rotatable bonds is 2. The van der Waals surface area contributed by atoms with Crippen molar-refractivity contribution in [3.05, 3.63) is 78.0 Å². The number of halogens is 4. The number of nitrogens with zero attached hydrogens (tertiary/aromatic N) is 2. The molecular formula is C24H14F4N2O3. The highest BCUT2D eigenvalue weighted by molar-refractivity contribution is 5.81. The molecule has 2 heterocycles. The smallest absolute Gasteiger partial charge is 0.187 e. The van der Waals surface area contributed by atoms with Gasteiger partial charge < -0.3 is 19.8 Å². The van der Waals surface area contributed by atoms with Crippen molar-refractivity contribution in [1.29, 1.82) is 0 Å². The summed E-state index contributed by atoms with van der Waals surface area (Å²) in [5.74, 6) is -5.42. The summed E-state index contributed by atoms with van der Waals surface area (Å²) in [6.07, 6.45) is 1.42. The molecule has 1 aromatic heterocycles. The third-order valence-electron chi connectivity index (χ3n) is 5.39. The van der Waals surface area contributed by atoms with Gasteiger partial charge in [-0.3, -0.25) is 0 Å². The van der Waals surface area contributed by atoms with Crippen LogP contribution in [0.25, 0.3) is 22.3 Å². The van der Waals surface area contributed by atoms with Gasteiger partial charge in [0.25, 0.3) is 0 Å². The summed E-state index contributed by atoms with van der Waals surface area (Å²) in [6, 6.07) is 10.4. The predicted molar refractivity (Wildman–Crippen MR) is 113 cm³/mol. The van der Waals surface area contributed by atoms with Crippen LogP contribution in [0.2, 0.25) is 0 Å². The van der Waals surface area contributed by atoms with Crippen molar-refractivity contribution < 1.29 is 32.5 Å². The number of aromatic nitrogens is 1. The molecule has 0 aliphatic carbocycles. The second-order valence-electron chi connectivity index (χ2n) is 7.47. The van der Waals surface area contributed by atoms with E-state index in [1.807, 2.05) is 0 Å². The van der Waals surface area contributed by atoms with Gasteiger partial charge in [-0.1, -0.05) is 6.07 Å². The number of anilines is 2. The van der Waals surface area contributed by atoms with E-state index in [0.717, 1.165) is 24.3 Å². The summed E-state index contributed by atoms with van der Waals surface area (Å²) >= 11 is 0. The summed E-state index contributed by atoms with van der Waals surface area (Å²) in [5, 5.41) is 18.7. The van der Waals surface area contributed by atoms with Crippen LogP contribution in [0.15, 0.2) is 54.7 Å². The molecule has 0 spiro atoms. The van der Waals surface area contributed by atoms with Gasteiger partial charge in [0.2, 0.25) is 0 Å². The van der Waals surface area contributed by atoms with Gasteiger partial charge >= 0.3 is 0 Å². The summed E-state index contributed by atoms with van der Waals surface area (Å²) in [5.41, 5.74) is 1.77. The zero-order valence-electron chi connectivity index (χ0n) is 16.9. The number of pyridine rings is 1. The average molecular weight is 454 g/mol. The molecule has 4 aromatic rings. The van der Waals surface area contributed by atoms with Crippen molar-refractivity contribution in [1.82, 2.24) is 4.98 Å². The van der Waals surface area contributed by atoms with Crippen LogP contribution in [0.3, 0.4) is 0 Å².